The van der Waals surface area contributed by atoms with Crippen LogP contribution in [0.25, 0.3) is 0 Å². The number of halogens is 1. The first kappa shape index (κ1) is 14.7. The molecule has 7 nitrogen and oxygen atoms in total. The summed E-state index contributed by atoms with van der Waals surface area (Å²) in [5.41, 5.74) is -0.0623. The van der Waals surface area contributed by atoms with Crippen molar-refractivity contribution in [3.05, 3.63) is 62.8 Å². The van der Waals surface area contributed by atoms with Crippen LogP contribution in [0.5, 0.6) is 5.88 Å². The van der Waals surface area contributed by atoms with Crippen LogP contribution >= 0.6 is 11.6 Å². The van der Waals surface area contributed by atoms with Gasteiger partial charge in [-0.05, 0) is 17.7 Å². The minimum Gasteiger partial charge on any atom is -0.477 e. The zero-order chi connectivity index (χ0) is 15.4. The molecule has 0 amide bonds. The van der Waals surface area contributed by atoms with Crippen molar-refractivity contribution in [2.75, 3.05) is 0 Å². The highest BCUT2D eigenvalue weighted by molar-refractivity contribution is 6.30. The molecular formula is C13H9ClN2O5. The van der Waals surface area contributed by atoms with E-state index in [2.05, 4.69) is 4.98 Å². The molecule has 8 heteroatoms. The first-order valence-electron chi connectivity index (χ1n) is 5.72. The summed E-state index contributed by atoms with van der Waals surface area (Å²) in [6, 6.07) is 7.73. The molecule has 0 radical (unpaired) electrons. The Labute approximate surface area is 123 Å². The maximum Gasteiger partial charge on any atom is 0.341 e. The van der Waals surface area contributed by atoms with Crippen LogP contribution in [-0.2, 0) is 6.61 Å². The lowest BCUT2D eigenvalue weighted by Gasteiger charge is -2.08. The predicted octanol–water partition coefficient (Wildman–Crippen LogP) is 2.92. The summed E-state index contributed by atoms with van der Waals surface area (Å²) in [7, 11) is 0. The summed E-state index contributed by atoms with van der Waals surface area (Å²) in [6.07, 6.45) is 0.944. The average molecular weight is 309 g/mol. The molecule has 21 heavy (non-hydrogen) atoms. The highest BCUT2D eigenvalue weighted by Crippen LogP contribution is 2.22. The summed E-state index contributed by atoms with van der Waals surface area (Å²) >= 11 is 5.82. The Hall–Kier alpha value is -2.67. The average Bonchev–Trinajstić information content (AvgIpc) is 2.44. The smallest absolute Gasteiger partial charge is 0.341 e. The lowest BCUT2D eigenvalue weighted by molar-refractivity contribution is -0.385. The fraction of sp³-hybridized carbons (Fsp3) is 0.0769. The zero-order valence-corrected chi connectivity index (χ0v) is 11.3. The Bertz CT molecular complexity index is 705. The Morgan fingerprint density at radius 2 is 2.19 bits per heavy atom. The van der Waals surface area contributed by atoms with Crippen molar-refractivity contribution in [1.82, 2.24) is 4.98 Å². The summed E-state index contributed by atoms with van der Waals surface area (Å²) in [5.74, 6) is -1.54. The molecule has 1 aromatic heterocycles. The summed E-state index contributed by atoms with van der Waals surface area (Å²) in [6.45, 7) is 0.0473. The molecule has 0 fully saturated rings. The van der Waals surface area contributed by atoms with E-state index in [4.69, 9.17) is 21.4 Å². The van der Waals surface area contributed by atoms with E-state index in [1.165, 1.54) is 0 Å². The van der Waals surface area contributed by atoms with Gasteiger partial charge in [0.05, 0.1) is 4.92 Å². The maximum absolute atomic E-state index is 11.1. The topological polar surface area (TPSA) is 103 Å². The van der Waals surface area contributed by atoms with E-state index in [0.717, 1.165) is 17.8 Å². The lowest BCUT2D eigenvalue weighted by Crippen LogP contribution is -2.06. The van der Waals surface area contributed by atoms with Crippen LogP contribution in [0.15, 0.2) is 36.5 Å². The van der Waals surface area contributed by atoms with Crippen LogP contribution in [0.1, 0.15) is 15.9 Å². The SMILES string of the molecule is O=C(O)c1cc([N+](=O)[O-])cnc1OCc1cccc(Cl)c1. The van der Waals surface area contributed by atoms with Gasteiger partial charge >= 0.3 is 5.97 Å². The number of nitrogens with zero attached hydrogens (tertiary/aromatic N) is 2. The van der Waals surface area contributed by atoms with E-state index in [1.807, 2.05) is 0 Å². The number of rotatable bonds is 5. The number of benzene rings is 1. The Morgan fingerprint density at radius 1 is 1.43 bits per heavy atom. The third-order valence-electron chi connectivity index (χ3n) is 2.54. The van der Waals surface area contributed by atoms with E-state index in [1.54, 1.807) is 24.3 Å². The molecule has 0 unspecified atom stereocenters. The van der Waals surface area contributed by atoms with E-state index < -0.39 is 16.6 Å². The van der Waals surface area contributed by atoms with Gasteiger partial charge in [-0.3, -0.25) is 10.1 Å². The van der Waals surface area contributed by atoms with Gasteiger partial charge < -0.3 is 9.84 Å². The number of hydrogen-bond acceptors (Lipinski definition) is 5. The van der Waals surface area contributed by atoms with Crippen LogP contribution in [0, 0.1) is 10.1 Å². The molecule has 2 aromatic rings. The van der Waals surface area contributed by atoms with Crippen molar-refractivity contribution >= 4 is 23.3 Å². The fourth-order valence-corrected chi connectivity index (χ4v) is 1.80. The number of aromatic carboxylic acids is 1. The molecule has 108 valence electrons. The van der Waals surface area contributed by atoms with Crippen molar-refractivity contribution in [1.29, 1.82) is 0 Å². The number of ether oxygens (including phenoxy) is 1. The van der Waals surface area contributed by atoms with Gasteiger partial charge in [-0.1, -0.05) is 23.7 Å². The fourth-order valence-electron chi connectivity index (χ4n) is 1.59. The van der Waals surface area contributed by atoms with Crippen molar-refractivity contribution in [3.8, 4) is 5.88 Å². The largest absolute Gasteiger partial charge is 0.477 e. The quantitative estimate of drug-likeness (QED) is 0.673. The molecule has 0 spiro atoms. The van der Waals surface area contributed by atoms with Gasteiger partial charge in [-0.2, -0.15) is 0 Å². The second kappa shape index (κ2) is 6.19. The van der Waals surface area contributed by atoms with Crippen LogP contribution < -0.4 is 4.74 Å². The Kier molecular flexibility index (Phi) is 4.34. The molecule has 1 N–H and O–H groups in total. The second-order valence-corrected chi connectivity index (χ2v) is 4.46. The van der Waals surface area contributed by atoms with Crippen molar-refractivity contribution in [2.24, 2.45) is 0 Å². The van der Waals surface area contributed by atoms with Crippen LogP contribution in [-0.4, -0.2) is 21.0 Å². The van der Waals surface area contributed by atoms with E-state index >= 15 is 0 Å². The Morgan fingerprint density at radius 3 is 2.81 bits per heavy atom. The normalized spacial score (nSPS) is 10.1. The third kappa shape index (κ3) is 3.67. The zero-order valence-electron chi connectivity index (χ0n) is 10.5. The Balaban J connectivity index is 2.23. The minimum absolute atomic E-state index is 0.0473. The number of pyridine rings is 1. The number of nitro groups is 1. The molecule has 0 saturated carbocycles. The molecule has 1 heterocycles. The number of carboxylic acid groups (broad SMARTS) is 1. The molecule has 0 aliphatic carbocycles. The standard InChI is InChI=1S/C13H9ClN2O5/c14-9-3-1-2-8(4-9)7-21-12-11(13(17)18)5-10(6-15-12)16(19)20/h1-6H,7H2,(H,17,18). The molecule has 0 saturated heterocycles. The maximum atomic E-state index is 11.1. The van der Waals surface area contributed by atoms with Gasteiger partial charge in [0.25, 0.3) is 5.69 Å². The molecule has 0 bridgehead atoms. The molecule has 2 rings (SSSR count). The number of carboxylic acids is 1. The van der Waals surface area contributed by atoms with Crippen molar-refractivity contribution in [2.45, 2.75) is 6.61 Å². The molecule has 1 aromatic carbocycles. The second-order valence-electron chi connectivity index (χ2n) is 4.03. The number of aromatic nitrogens is 1. The van der Waals surface area contributed by atoms with Crippen LogP contribution in [0.4, 0.5) is 5.69 Å². The summed E-state index contributed by atoms with van der Waals surface area (Å²) in [4.78, 5) is 24.7. The highest BCUT2D eigenvalue weighted by atomic mass is 35.5. The molecular weight excluding hydrogens is 300 g/mol. The van der Waals surface area contributed by atoms with Gasteiger partial charge in [0.1, 0.15) is 18.4 Å². The van der Waals surface area contributed by atoms with E-state index in [0.29, 0.717) is 5.02 Å². The van der Waals surface area contributed by atoms with Crippen LogP contribution in [0.3, 0.4) is 0 Å². The molecule has 0 atom stereocenters. The minimum atomic E-state index is -1.35. The third-order valence-corrected chi connectivity index (χ3v) is 2.78. The monoisotopic (exact) mass is 308 g/mol. The molecule has 0 aliphatic heterocycles. The van der Waals surface area contributed by atoms with Gasteiger partial charge in [-0.25, -0.2) is 9.78 Å². The number of carbonyl (C=O) groups is 1. The highest BCUT2D eigenvalue weighted by Gasteiger charge is 2.18. The van der Waals surface area contributed by atoms with Gasteiger partial charge in [0, 0.05) is 11.1 Å². The summed E-state index contributed by atoms with van der Waals surface area (Å²) in [5, 5.41) is 20.2. The molecule has 0 aliphatic rings. The van der Waals surface area contributed by atoms with Crippen molar-refractivity contribution < 1.29 is 19.6 Å². The lowest BCUT2D eigenvalue weighted by atomic mass is 10.2. The number of hydrogen-bond donors (Lipinski definition) is 1. The first-order valence-corrected chi connectivity index (χ1v) is 6.10. The van der Waals surface area contributed by atoms with Gasteiger partial charge in [0.2, 0.25) is 5.88 Å². The van der Waals surface area contributed by atoms with Crippen molar-refractivity contribution in [3.63, 3.8) is 0 Å². The van der Waals surface area contributed by atoms with E-state index in [9.17, 15) is 14.9 Å². The van der Waals surface area contributed by atoms with Gasteiger partial charge in [-0.15, -0.1) is 0 Å². The predicted molar refractivity (Wildman–Crippen MR) is 73.6 cm³/mol. The first-order chi connectivity index (χ1) is 9.97. The van der Waals surface area contributed by atoms with Crippen LogP contribution in [0.2, 0.25) is 5.02 Å². The van der Waals surface area contributed by atoms with Gasteiger partial charge in [0.15, 0.2) is 0 Å². The van der Waals surface area contributed by atoms with E-state index in [-0.39, 0.29) is 18.1 Å². The summed E-state index contributed by atoms with van der Waals surface area (Å²) < 4.78 is 5.30.